The summed E-state index contributed by atoms with van der Waals surface area (Å²) >= 11 is 0. The Kier molecular flexibility index (Phi) is 4.54. The van der Waals surface area contributed by atoms with Crippen LogP contribution in [0.25, 0.3) is 0 Å². The zero-order valence-electron chi connectivity index (χ0n) is 8.18. The first-order valence-electron chi connectivity index (χ1n) is 4.52. The number of aromatic nitrogens is 2. The molecular weight excluding hydrogens is 184 g/mol. The van der Waals surface area contributed by atoms with Crippen LogP contribution in [0.1, 0.15) is 19.3 Å². The molecule has 0 aromatic carbocycles. The summed E-state index contributed by atoms with van der Waals surface area (Å²) in [6.45, 7) is 0.554. The third-order valence-corrected chi connectivity index (χ3v) is 1.71. The molecule has 0 amide bonds. The molecule has 0 spiro atoms. The molecule has 0 aliphatic heterocycles. The normalized spacial score (nSPS) is 9.79. The lowest BCUT2D eigenvalue weighted by Crippen LogP contribution is -2.13. The van der Waals surface area contributed by atoms with Crippen LogP contribution in [-0.2, 0) is 9.53 Å². The fourth-order valence-electron chi connectivity index (χ4n) is 0.963. The van der Waals surface area contributed by atoms with Crippen LogP contribution >= 0.6 is 0 Å². The zero-order valence-corrected chi connectivity index (χ0v) is 8.18. The Labute approximate surface area is 82.6 Å². The van der Waals surface area contributed by atoms with Gasteiger partial charge in [0.1, 0.15) is 6.61 Å². The van der Waals surface area contributed by atoms with Crippen LogP contribution in [0.5, 0.6) is 0 Å². The van der Waals surface area contributed by atoms with Crippen LogP contribution in [0.15, 0.2) is 18.5 Å². The van der Waals surface area contributed by atoms with Crippen molar-refractivity contribution in [2.75, 3.05) is 13.7 Å². The molecule has 0 unspecified atom stereocenters. The summed E-state index contributed by atoms with van der Waals surface area (Å²) in [4.78, 5) is 17.3. The van der Waals surface area contributed by atoms with Crippen molar-refractivity contribution in [2.24, 2.45) is 0 Å². The first-order valence-corrected chi connectivity index (χ1v) is 4.52. The molecule has 0 atom stereocenters. The summed E-state index contributed by atoms with van der Waals surface area (Å²) in [6.07, 6.45) is 5.40. The Balaban J connectivity index is 1.97. The van der Waals surface area contributed by atoms with E-state index in [9.17, 15) is 4.79 Å². The van der Waals surface area contributed by atoms with Gasteiger partial charge in [0.2, 0.25) is 0 Å². The Morgan fingerprint density at radius 1 is 1.50 bits per heavy atom. The fourth-order valence-corrected chi connectivity index (χ4v) is 0.963. The number of rotatable bonds is 6. The van der Waals surface area contributed by atoms with Crippen LogP contribution in [0.2, 0.25) is 0 Å². The van der Waals surface area contributed by atoms with Gasteiger partial charge in [0.25, 0.3) is 0 Å². The number of unbranched alkanes of at least 4 members (excludes halogenated alkanes) is 1. The molecule has 5 nitrogen and oxygen atoms in total. The Morgan fingerprint density at radius 3 is 3.00 bits per heavy atom. The quantitative estimate of drug-likeness (QED) is 0.497. The second kappa shape index (κ2) is 6.01. The number of carbonyl (C=O) groups is 1. The highest BCUT2D eigenvalue weighted by molar-refractivity contribution is 5.68. The molecule has 0 saturated heterocycles. The minimum absolute atomic E-state index is 0.177. The molecule has 1 aromatic heterocycles. The van der Waals surface area contributed by atoms with Crippen molar-refractivity contribution in [3.8, 4) is 0 Å². The van der Waals surface area contributed by atoms with Crippen LogP contribution in [-0.4, -0.2) is 29.6 Å². The van der Waals surface area contributed by atoms with E-state index in [-0.39, 0.29) is 5.97 Å². The van der Waals surface area contributed by atoms with Gasteiger partial charge in [-0.15, -0.1) is 9.94 Å². The molecule has 0 radical (unpaired) electrons. The number of esters is 1. The van der Waals surface area contributed by atoms with E-state index in [0.717, 1.165) is 12.8 Å². The molecule has 0 aliphatic rings. The second-order valence-electron chi connectivity index (χ2n) is 2.78. The summed E-state index contributed by atoms with van der Waals surface area (Å²) < 4.78 is 4.51. The lowest BCUT2D eigenvalue weighted by molar-refractivity contribution is -0.140. The molecule has 1 rings (SSSR count). The van der Waals surface area contributed by atoms with Gasteiger partial charge in [0, 0.05) is 6.42 Å². The summed E-state index contributed by atoms with van der Waals surface area (Å²) in [6, 6.07) is 1.79. The first-order chi connectivity index (χ1) is 6.83. The van der Waals surface area contributed by atoms with E-state index >= 15 is 0 Å². The van der Waals surface area contributed by atoms with Gasteiger partial charge in [-0.05, 0) is 18.9 Å². The predicted octanol–water partition coefficient (Wildman–Crippen LogP) is 0.655. The maximum absolute atomic E-state index is 10.7. The van der Waals surface area contributed by atoms with Crippen LogP contribution in [0, 0.1) is 0 Å². The highest BCUT2D eigenvalue weighted by atomic mass is 16.7. The van der Waals surface area contributed by atoms with Crippen molar-refractivity contribution >= 4 is 5.97 Å². The van der Waals surface area contributed by atoms with Crippen molar-refractivity contribution < 1.29 is 14.4 Å². The van der Waals surface area contributed by atoms with Gasteiger partial charge >= 0.3 is 5.97 Å². The topological polar surface area (TPSA) is 53.4 Å². The number of nitrogens with zero attached hydrogens (tertiary/aromatic N) is 2. The molecule has 0 bridgehead atoms. The van der Waals surface area contributed by atoms with E-state index < -0.39 is 0 Å². The smallest absolute Gasteiger partial charge is 0.305 e. The Morgan fingerprint density at radius 2 is 2.36 bits per heavy atom. The van der Waals surface area contributed by atoms with E-state index in [0.29, 0.717) is 13.0 Å². The minimum atomic E-state index is -0.177. The molecule has 0 fully saturated rings. The molecule has 1 aromatic rings. The van der Waals surface area contributed by atoms with Crippen molar-refractivity contribution in [1.29, 1.82) is 0 Å². The van der Waals surface area contributed by atoms with Crippen molar-refractivity contribution in [3.05, 3.63) is 18.5 Å². The lowest BCUT2D eigenvalue weighted by atomic mass is 10.2. The molecule has 0 N–H and O–H groups in total. The highest BCUT2D eigenvalue weighted by Gasteiger charge is 1.99. The summed E-state index contributed by atoms with van der Waals surface area (Å²) in [5.41, 5.74) is 0. The standard InChI is InChI=1S/C9H14N2O3/c1-13-9(12)5-2-3-8-14-11-7-4-6-10-11/h4,6-7H,2-3,5,8H2,1H3. The van der Waals surface area contributed by atoms with Crippen LogP contribution in [0.4, 0.5) is 0 Å². The van der Waals surface area contributed by atoms with Crippen LogP contribution < -0.4 is 4.84 Å². The van der Waals surface area contributed by atoms with E-state index in [1.807, 2.05) is 0 Å². The van der Waals surface area contributed by atoms with Crippen LogP contribution in [0.3, 0.4) is 0 Å². The number of hydrogen-bond acceptors (Lipinski definition) is 4. The third-order valence-electron chi connectivity index (χ3n) is 1.71. The van der Waals surface area contributed by atoms with Gasteiger partial charge in [0.15, 0.2) is 0 Å². The molecule has 78 valence electrons. The van der Waals surface area contributed by atoms with Gasteiger partial charge in [-0.25, -0.2) is 0 Å². The van der Waals surface area contributed by atoms with Crippen molar-refractivity contribution in [2.45, 2.75) is 19.3 Å². The number of ether oxygens (including phenoxy) is 1. The minimum Gasteiger partial charge on any atom is -0.469 e. The van der Waals surface area contributed by atoms with Gasteiger partial charge < -0.3 is 9.57 Å². The third kappa shape index (κ3) is 3.93. The summed E-state index contributed by atoms with van der Waals surface area (Å²) in [7, 11) is 1.39. The van der Waals surface area contributed by atoms with E-state index in [2.05, 4.69) is 9.84 Å². The second-order valence-corrected chi connectivity index (χ2v) is 2.78. The number of carbonyl (C=O) groups excluding carboxylic acids is 1. The SMILES string of the molecule is COC(=O)CCCCOn1cccn1. The fraction of sp³-hybridized carbons (Fsp3) is 0.556. The Hall–Kier alpha value is -1.52. The van der Waals surface area contributed by atoms with E-state index in [1.54, 1.807) is 18.5 Å². The summed E-state index contributed by atoms with van der Waals surface area (Å²) in [5, 5.41) is 3.87. The average molecular weight is 198 g/mol. The number of methoxy groups -OCH3 is 1. The molecule has 14 heavy (non-hydrogen) atoms. The van der Waals surface area contributed by atoms with Gasteiger partial charge in [0.05, 0.1) is 19.5 Å². The molecule has 1 heterocycles. The molecule has 0 saturated carbocycles. The predicted molar refractivity (Wildman–Crippen MR) is 49.5 cm³/mol. The van der Waals surface area contributed by atoms with Gasteiger partial charge in [-0.1, -0.05) is 0 Å². The van der Waals surface area contributed by atoms with Gasteiger partial charge in [-0.2, -0.15) is 0 Å². The highest BCUT2D eigenvalue weighted by Crippen LogP contribution is 1.96. The van der Waals surface area contributed by atoms with Gasteiger partial charge in [-0.3, -0.25) is 4.79 Å². The monoisotopic (exact) mass is 198 g/mol. The average Bonchev–Trinajstić information content (AvgIpc) is 2.69. The molecule has 0 aliphatic carbocycles. The van der Waals surface area contributed by atoms with Crippen molar-refractivity contribution in [1.82, 2.24) is 9.94 Å². The maximum atomic E-state index is 10.7. The van der Waals surface area contributed by atoms with E-state index in [1.165, 1.54) is 12.0 Å². The molecule has 5 heteroatoms. The molecular formula is C9H14N2O3. The maximum Gasteiger partial charge on any atom is 0.305 e. The zero-order chi connectivity index (χ0) is 10.2. The number of hydrogen-bond donors (Lipinski definition) is 0. The largest absolute Gasteiger partial charge is 0.469 e. The summed E-state index contributed by atoms with van der Waals surface area (Å²) in [5.74, 6) is -0.177. The van der Waals surface area contributed by atoms with E-state index in [4.69, 9.17) is 4.84 Å². The first kappa shape index (κ1) is 10.6. The van der Waals surface area contributed by atoms with Crippen molar-refractivity contribution in [3.63, 3.8) is 0 Å². The lowest BCUT2D eigenvalue weighted by Gasteiger charge is -2.03. The Bertz CT molecular complexity index is 259.